The highest BCUT2D eigenvalue weighted by Crippen LogP contribution is 2.21. The lowest BCUT2D eigenvalue weighted by Crippen LogP contribution is -2.44. The molecule has 4 rings (SSSR count). The third kappa shape index (κ3) is 2.72. The van der Waals surface area contributed by atoms with E-state index in [0.29, 0.717) is 0 Å². The van der Waals surface area contributed by atoms with E-state index in [1.54, 1.807) is 6.20 Å². The fraction of sp³-hybridized carbons (Fsp3) is 0.400. The Bertz CT molecular complexity index is 812. The fourth-order valence-corrected chi connectivity index (χ4v) is 2.79. The molecule has 8 nitrogen and oxygen atoms in total. The van der Waals surface area contributed by atoms with E-state index < -0.39 is 0 Å². The molecule has 0 unspecified atom stereocenters. The number of fused-ring (bicyclic) bond motifs is 1. The Kier molecular flexibility index (Phi) is 3.38. The Balaban J connectivity index is 1.69. The van der Waals surface area contributed by atoms with E-state index in [9.17, 15) is 0 Å². The van der Waals surface area contributed by atoms with E-state index in [1.807, 2.05) is 29.7 Å². The molecule has 1 saturated heterocycles. The average Bonchev–Trinajstić information content (AvgIpc) is 3.17. The van der Waals surface area contributed by atoms with Crippen molar-refractivity contribution in [1.82, 2.24) is 29.5 Å². The molecule has 0 aliphatic carbocycles. The van der Waals surface area contributed by atoms with Crippen LogP contribution in [0.4, 0.5) is 17.6 Å². The van der Waals surface area contributed by atoms with Gasteiger partial charge in [-0.2, -0.15) is 10.1 Å². The minimum absolute atomic E-state index is 0.723. The number of hydrogen-bond acceptors (Lipinski definition) is 6. The van der Waals surface area contributed by atoms with Crippen LogP contribution < -0.4 is 10.2 Å². The van der Waals surface area contributed by atoms with Gasteiger partial charge in [0, 0.05) is 56.4 Å². The number of likely N-dealkylation sites (N-methyl/N-ethyl adjacent to an activating group) is 1. The van der Waals surface area contributed by atoms with Gasteiger partial charge in [-0.3, -0.25) is 9.50 Å². The first-order valence-electron chi connectivity index (χ1n) is 7.76. The summed E-state index contributed by atoms with van der Waals surface area (Å²) in [7, 11) is 2.15. The maximum atomic E-state index is 4.79. The number of imidazole rings is 1. The van der Waals surface area contributed by atoms with Gasteiger partial charge < -0.3 is 15.1 Å². The second-order valence-electron chi connectivity index (χ2n) is 5.94. The van der Waals surface area contributed by atoms with Crippen LogP contribution in [0.25, 0.3) is 5.65 Å². The van der Waals surface area contributed by atoms with Crippen LogP contribution in [0, 0.1) is 6.92 Å². The molecule has 1 aliphatic rings. The van der Waals surface area contributed by atoms with Crippen molar-refractivity contribution in [3.05, 3.63) is 30.2 Å². The standard InChI is InChI=1S/C15H20N8/c1-11-9-12(20-19-11)17-15-18-14(10-13-16-3-4-23(13)15)22-7-5-21(2)6-8-22/h3-4,9-10H,5-8H2,1-2H3,(H2,17,18,19,20). The summed E-state index contributed by atoms with van der Waals surface area (Å²) in [6.45, 7) is 6.01. The Hall–Kier alpha value is -2.61. The third-order valence-electron chi connectivity index (χ3n) is 4.15. The SMILES string of the molecule is Cc1cc(Nc2nc(N3CCN(C)CC3)cc3nccn23)n[nH]1. The third-order valence-corrected chi connectivity index (χ3v) is 4.15. The molecule has 0 bridgehead atoms. The number of anilines is 3. The van der Waals surface area contributed by atoms with Crippen LogP contribution >= 0.6 is 0 Å². The van der Waals surface area contributed by atoms with Crippen molar-refractivity contribution in [1.29, 1.82) is 0 Å². The molecule has 4 heterocycles. The van der Waals surface area contributed by atoms with Gasteiger partial charge in [0.05, 0.1) is 0 Å². The minimum Gasteiger partial charge on any atom is -0.354 e. The topological polar surface area (TPSA) is 77.4 Å². The van der Waals surface area contributed by atoms with E-state index in [-0.39, 0.29) is 0 Å². The Morgan fingerprint density at radius 1 is 1.17 bits per heavy atom. The van der Waals surface area contributed by atoms with Gasteiger partial charge in [0.25, 0.3) is 0 Å². The van der Waals surface area contributed by atoms with Crippen LogP contribution in [0.5, 0.6) is 0 Å². The first kappa shape index (κ1) is 14.0. The van der Waals surface area contributed by atoms with Crippen molar-refractivity contribution in [3.63, 3.8) is 0 Å². The van der Waals surface area contributed by atoms with E-state index in [0.717, 1.165) is 55.1 Å². The summed E-state index contributed by atoms with van der Waals surface area (Å²) >= 11 is 0. The molecule has 0 radical (unpaired) electrons. The van der Waals surface area contributed by atoms with Crippen molar-refractivity contribution in [3.8, 4) is 0 Å². The molecule has 0 amide bonds. The molecule has 3 aromatic heterocycles. The van der Waals surface area contributed by atoms with Crippen LogP contribution in [-0.4, -0.2) is 62.7 Å². The highest BCUT2D eigenvalue weighted by molar-refractivity contribution is 5.60. The number of nitrogens with zero attached hydrogens (tertiary/aromatic N) is 6. The molecule has 0 spiro atoms. The summed E-state index contributed by atoms with van der Waals surface area (Å²) < 4.78 is 1.93. The molecular formula is C15H20N8. The normalized spacial score (nSPS) is 16.2. The number of hydrogen-bond donors (Lipinski definition) is 2. The molecule has 3 aromatic rings. The predicted molar refractivity (Wildman–Crippen MR) is 89.3 cm³/mol. The molecule has 0 aromatic carbocycles. The van der Waals surface area contributed by atoms with Crippen LogP contribution in [0.15, 0.2) is 24.5 Å². The Morgan fingerprint density at radius 3 is 2.74 bits per heavy atom. The lowest BCUT2D eigenvalue weighted by Gasteiger charge is -2.33. The van der Waals surface area contributed by atoms with Gasteiger partial charge >= 0.3 is 0 Å². The minimum atomic E-state index is 0.723. The number of nitrogens with one attached hydrogen (secondary N) is 2. The second-order valence-corrected chi connectivity index (χ2v) is 5.94. The van der Waals surface area contributed by atoms with Gasteiger partial charge in [-0.25, -0.2) is 4.98 Å². The van der Waals surface area contributed by atoms with Crippen LogP contribution in [0.3, 0.4) is 0 Å². The van der Waals surface area contributed by atoms with Crippen molar-refractivity contribution in [2.24, 2.45) is 0 Å². The maximum absolute atomic E-state index is 4.79. The number of aromatic nitrogens is 5. The molecule has 2 N–H and O–H groups in total. The molecule has 1 aliphatic heterocycles. The molecule has 0 atom stereocenters. The second kappa shape index (κ2) is 5.54. The molecule has 8 heteroatoms. The van der Waals surface area contributed by atoms with E-state index >= 15 is 0 Å². The van der Waals surface area contributed by atoms with Crippen LogP contribution in [0.2, 0.25) is 0 Å². The number of H-pyrrole nitrogens is 1. The summed E-state index contributed by atoms with van der Waals surface area (Å²) in [5.74, 6) is 2.42. The van der Waals surface area contributed by atoms with Gasteiger partial charge in [0.1, 0.15) is 11.5 Å². The summed E-state index contributed by atoms with van der Waals surface area (Å²) in [4.78, 5) is 13.8. The van der Waals surface area contributed by atoms with Crippen LogP contribution in [-0.2, 0) is 0 Å². The highest BCUT2D eigenvalue weighted by Gasteiger charge is 2.17. The quantitative estimate of drug-likeness (QED) is 0.758. The van der Waals surface area contributed by atoms with E-state index in [2.05, 4.69) is 37.3 Å². The smallest absolute Gasteiger partial charge is 0.216 e. The number of rotatable bonds is 3. The summed E-state index contributed by atoms with van der Waals surface area (Å²) in [5.41, 5.74) is 1.88. The summed E-state index contributed by atoms with van der Waals surface area (Å²) in [5, 5.41) is 10.4. The van der Waals surface area contributed by atoms with E-state index in [1.165, 1.54) is 0 Å². The Labute approximate surface area is 134 Å². The zero-order valence-corrected chi connectivity index (χ0v) is 13.3. The lowest BCUT2D eigenvalue weighted by atomic mass is 10.3. The van der Waals surface area contributed by atoms with Gasteiger partial charge in [-0.05, 0) is 14.0 Å². The zero-order chi connectivity index (χ0) is 15.8. The molecule has 120 valence electrons. The van der Waals surface area contributed by atoms with Crippen molar-refractivity contribution in [2.75, 3.05) is 43.4 Å². The van der Waals surface area contributed by atoms with Gasteiger partial charge in [0.15, 0.2) is 5.82 Å². The monoisotopic (exact) mass is 312 g/mol. The van der Waals surface area contributed by atoms with Crippen LogP contribution in [0.1, 0.15) is 5.69 Å². The lowest BCUT2D eigenvalue weighted by molar-refractivity contribution is 0.312. The first-order valence-corrected chi connectivity index (χ1v) is 7.76. The predicted octanol–water partition coefficient (Wildman–Crippen LogP) is 1.26. The Morgan fingerprint density at radius 2 is 2.00 bits per heavy atom. The van der Waals surface area contributed by atoms with Crippen molar-refractivity contribution in [2.45, 2.75) is 6.92 Å². The number of aromatic amines is 1. The van der Waals surface area contributed by atoms with E-state index in [4.69, 9.17) is 4.98 Å². The number of piperazine rings is 1. The number of aryl methyl sites for hydroxylation is 1. The first-order chi connectivity index (χ1) is 11.2. The maximum Gasteiger partial charge on any atom is 0.216 e. The molecule has 23 heavy (non-hydrogen) atoms. The van der Waals surface area contributed by atoms with Gasteiger partial charge in [-0.1, -0.05) is 0 Å². The van der Waals surface area contributed by atoms with Crippen molar-refractivity contribution >= 4 is 23.2 Å². The molecular weight excluding hydrogens is 292 g/mol. The summed E-state index contributed by atoms with van der Waals surface area (Å²) in [6.07, 6.45) is 3.68. The zero-order valence-electron chi connectivity index (χ0n) is 13.3. The summed E-state index contributed by atoms with van der Waals surface area (Å²) in [6, 6.07) is 3.99. The fourth-order valence-electron chi connectivity index (χ4n) is 2.79. The highest BCUT2D eigenvalue weighted by atomic mass is 15.3. The molecule has 1 fully saturated rings. The molecule has 0 saturated carbocycles. The average molecular weight is 312 g/mol. The van der Waals surface area contributed by atoms with Gasteiger partial charge in [-0.15, -0.1) is 0 Å². The van der Waals surface area contributed by atoms with Crippen molar-refractivity contribution < 1.29 is 0 Å². The van der Waals surface area contributed by atoms with Gasteiger partial charge in [0.2, 0.25) is 5.95 Å². The largest absolute Gasteiger partial charge is 0.354 e.